The van der Waals surface area contributed by atoms with Crippen LogP contribution in [0.3, 0.4) is 0 Å². The van der Waals surface area contributed by atoms with Crippen molar-refractivity contribution in [3.8, 4) is 5.75 Å². The summed E-state index contributed by atoms with van der Waals surface area (Å²) in [5.74, 6) is 0.775. The molecule has 104 valence electrons. The standard InChI is InChI=1S/C15H21NO3/c1-11-5-7-15(18,8-6-11)10-19-13-4-2-3-12(9-13)14(16)17/h2-4,9,11,18H,5-8,10H2,1H3,(H2,16,17). The highest BCUT2D eigenvalue weighted by Gasteiger charge is 2.32. The van der Waals surface area contributed by atoms with E-state index in [9.17, 15) is 9.90 Å². The summed E-state index contributed by atoms with van der Waals surface area (Å²) in [7, 11) is 0. The summed E-state index contributed by atoms with van der Waals surface area (Å²) in [6.45, 7) is 2.47. The van der Waals surface area contributed by atoms with Crippen molar-refractivity contribution in [1.82, 2.24) is 0 Å². The molecule has 0 aliphatic heterocycles. The number of rotatable bonds is 4. The van der Waals surface area contributed by atoms with Gasteiger partial charge in [0.25, 0.3) is 0 Å². The van der Waals surface area contributed by atoms with Gasteiger partial charge in [0, 0.05) is 5.56 Å². The number of carbonyl (C=O) groups is 1. The Morgan fingerprint density at radius 2 is 2.16 bits per heavy atom. The van der Waals surface area contributed by atoms with Crippen LogP contribution >= 0.6 is 0 Å². The minimum absolute atomic E-state index is 0.266. The van der Waals surface area contributed by atoms with Gasteiger partial charge in [-0.1, -0.05) is 13.0 Å². The van der Waals surface area contributed by atoms with Crippen molar-refractivity contribution in [2.24, 2.45) is 11.7 Å². The van der Waals surface area contributed by atoms with Crippen molar-refractivity contribution in [2.45, 2.75) is 38.2 Å². The Morgan fingerprint density at radius 1 is 1.47 bits per heavy atom. The van der Waals surface area contributed by atoms with Gasteiger partial charge in [0.15, 0.2) is 0 Å². The van der Waals surface area contributed by atoms with E-state index < -0.39 is 11.5 Å². The first-order chi connectivity index (χ1) is 8.98. The maximum absolute atomic E-state index is 11.1. The van der Waals surface area contributed by atoms with Gasteiger partial charge in [-0.25, -0.2) is 0 Å². The zero-order valence-electron chi connectivity index (χ0n) is 11.3. The second-order valence-corrected chi connectivity index (χ2v) is 5.59. The second-order valence-electron chi connectivity index (χ2n) is 5.59. The molecule has 0 bridgehead atoms. The van der Waals surface area contributed by atoms with Gasteiger partial charge in [-0.15, -0.1) is 0 Å². The van der Waals surface area contributed by atoms with E-state index in [0.717, 1.165) is 25.7 Å². The molecule has 1 fully saturated rings. The molecule has 0 unspecified atom stereocenters. The third kappa shape index (κ3) is 3.70. The smallest absolute Gasteiger partial charge is 0.248 e. The van der Waals surface area contributed by atoms with Crippen molar-refractivity contribution in [2.75, 3.05) is 6.61 Å². The quantitative estimate of drug-likeness (QED) is 0.873. The zero-order chi connectivity index (χ0) is 13.9. The summed E-state index contributed by atoms with van der Waals surface area (Å²) in [4.78, 5) is 11.1. The lowest BCUT2D eigenvalue weighted by molar-refractivity contribution is -0.0424. The van der Waals surface area contributed by atoms with Crippen LogP contribution in [0.4, 0.5) is 0 Å². The molecule has 4 nitrogen and oxygen atoms in total. The minimum atomic E-state index is -0.741. The Balaban J connectivity index is 1.95. The molecule has 1 amide bonds. The molecule has 0 heterocycles. The van der Waals surface area contributed by atoms with Crippen LogP contribution < -0.4 is 10.5 Å². The number of ether oxygens (including phenoxy) is 1. The maximum Gasteiger partial charge on any atom is 0.248 e. The number of carbonyl (C=O) groups excluding carboxylic acids is 1. The first-order valence-electron chi connectivity index (χ1n) is 6.74. The van der Waals surface area contributed by atoms with E-state index in [-0.39, 0.29) is 6.61 Å². The van der Waals surface area contributed by atoms with Gasteiger partial charge in [-0.2, -0.15) is 0 Å². The largest absolute Gasteiger partial charge is 0.491 e. The van der Waals surface area contributed by atoms with Gasteiger partial charge < -0.3 is 15.6 Å². The third-order valence-electron chi connectivity index (χ3n) is 3.83. The van der Waals surface area contributed by atoms with E-state index in [4.69, 9.17) is 10.5 Å². The van der Waals surface area contributed by atoms with E-state index in [1.165, 1.54) is 0 Å². The molecule has 1 aliphatic rings. The van der Waals surface area contributed by atoms with Gasteiger partial charge in [0.2, 0.25) is 5.91 Å². The predicted octanol–water partition coefficient (Wildman–Crippen LogP) is 2.11. The van der Waals surface area contributed by atoms with Crippen LogP contribution in [0.1, 0.15) is 43.0 Å². The van der Waals surface area contributed by atoms with Crippen molar-refractivity contribution < 1.29 is 14.6 Å². The van der Waals surface area contributed by atoms with Gasteiger partial charge >= 0.3 is 0 Å². The second kappa shape index (κ2) is 5.61. The lowest BCUT2D eigenvalue weighted by atomic mass is 9.80. The fraction of sp³-hybridized carbons (Fsp3) is 0.533. The first-order valence-corrected chi connectivity index (χ1v) is 6.74. The molecule has 19 heavy (non-hydrogen) atoms. The zero-order valence-corrected chi connectivity index (χ0v) is 11.3. The highest BCUT2D eigenvalue weighted by atomic mass is 16.5. The molecule has 3 N–H and O–H groups in total. The van der Waals surface area contributed by atoms with Crippen LogP contribution in [0, 0.1) is 5.92 Å². The van der Waals surface area contributed by atoms with Gasteiger partial charge in [0.05, 0.1) is 5.60 Å². The molecule has 0 saturated heterocycles. The number of benzene rings is 1. The SMILES string of the molecule is CC1CCC(O)(COc2cccc(C(N)=O)c2)CC1. The highest BCUT2D eigenvalue weighted by molar-refractivity contribution is 5.93. The fourth-order valence-electron chi connectivity index (χ4n) is 2.40. The van der Waals surface area contributed by atoms with E-state index in [0.29, 0.717) is 17.2 Å². The average Bonchev–Trinajstić information content (AvgIpc) is 2.41. The van der Waals surface area contributed by atoms with Crippen LogP contribution in [0.2, 0.25) is 0 Å². The van der Waals surface area contributed by atoms with Gasteiger partial charge in [-0.3, -0.25) is 4.79 Å². The highest BCUT2D eigenvalue weighted by Crippen LogP contribution is 2.32. The topological polar surface area (TPSA) is 72.6 Å². The van der Waals surface area contributed by atoms with Crippen molar-refractivity contribution in [3.05, 3.63) is 29.8 Å². The Labute approximate surface area is 113 Å². The average molecular weight is 263 g/mol. The van der Waals surface area contributed by atoms with Crippen LogP contribution in [0.5, 0.6) is 5.75 Å². The Bertz CT molecular complexity index is 450. The monoisotopic (exact) mass is 263 g/mol. The molecular weight excluding hydrogens is 242 g/mol. The van der Waals surface area contributed by atoms with E-state index in [2.05, 4.69) is 6.92 Å². The molecule has 0 radical (unpaired) electrons. The van der Waals surface area contributed by atoms with Crippen LogP contribution in [0.15, 0.2) is 24.3 Å². The number of nitrogens with two attached hydrogens (primary N) is 1. The Kier molecular flexibility index (Phi) is 4.10. The minimum Gasteiger partial charge on any atom is -0.491 e. The molecule has 0 atom stereocenters. The number of amides is 1. The number of primary amides is 1. The molecule has 1 aromatic carbocycles. The van der Waals surface area contributed by atoms with Gasteiger partial charge in [0.1, 0.15) is 12.4 Å². The Morgan fingerprint density at radius 3 is 2.79 bits per heavy atom. The summed E-state index contributed by atoms with van der Waals surface area (Å²) >= 11 is 0. The van der Waals surface area contributed by atoms with Crippen molar-refractivity contribution in [1.29, 1.82) is 0 Å². The normalized spacial score (nSPS) is 26.9. The van der Waals surface area contributed by atoms with E-state index in [1.807, 2.05) is 0 Å². The molecular formula is C15H21NO3. The molecule has 0 aromatic heterocycles. The van der Waals surface area contributed by atoms with Crippen LogP contribution in [0.25, 0.3) is 0 Å². The number of hydrogen-bond donors (Lipinski definition) is 2. The van der Waals surface area contributed by atoms with Crippen molar-refractivity contribution in [3.63, 3.8) is 0 Å². The molecule has 1 saturated carbocycles. The molecule has 4 heteroatoms. The number of aliphatic hydroxyl groups is 1. The fourth-order valence-corrected chi connectivity index (χ4v) is 2.40. The lowest BCUT2D eigenvalue weighted by Gasteiger charge is -2.34. The first kappa shape index (κ1) is 13.9. The third-order valence-corrected chi connectivity index (χ3v) is 3.83. The predicted molar refractivity (Wildman–Crippen MR) is 73.0 cm³/mol. The van der Waals surface area contributed by atoms with E-state index >= 15 is 0 Å². The molecule has 1 aromatic rings. The maximum atomic E-state index is 11.1. The van der Waals surface area contributed by atoms with Crippen LogP contribution in [-0.2, 0) is 0 Å². The summed E-state index contributed by atoms with van der Waals surface area (Å²) in [5, 5.41) is 10.4. The molecule has 2 rings (SSSR count). The lowest BCUT2D eigenvalue weighted by Crippen LogP contribution is -2.39. The summed E-state index contributed by atoms with van der Waals surface area (Å²) < 4.78 is 5.62. The summed E-state index contributed by atoms with van der Waals surface area (Å²) in [5.41, 5.74) is 4.90. The Hall–Kier alpha value is -1.55. The molecule has 0 spiro atoms. The number of hydrogen-bond acceptors (Lipinski definition) is 3. The van der Waals surface area contributed by atoms with E-state index in [1.54, 1.807) is 24.3 Å². The van der Waals surface area contributed by atoms with Crippen molar-refractivity contribution >= 4 is 5.91 Å². The summed E-state index contributed by atoms with van der Waals surface area (Å²) in [6, 6.07) is 6.74. The summed E-state index contributed by atoms with van der Waals surface area (Å²) in [6.07, 6.45) is 3.59. The van der Waals surface area contributed by atoms with Gasteiger partial charge in [-0.05, 0) is 49.8 Å². The van der Waals surface area contributed by atoms with Crippen LogP contribution in [-0.4, -0.2) is 23.2 Å². The molecule has 1 aliphatic carbocycles.